The normalized spacial score (nSPS) is 21.2. The number of benzene rings is 1. The number of hydrogen-bond acceptors (Lipinski definition) is 6. The number of rotatable bonds is 5. The number of hydrogen-bond donors (Lipinski definition) is 0. The van der Waals surface area contributed by atoms with Gasteiger partial charge < -0.3 is 4.90 Å². The van der Waals surface area contributed by atoms with Gasteiger partial charge in [-0.3, -0.25) is 4.90 Å². The van der Waals surface area contributed by atoms with Crippen LogP contribution >= 0.6 is 0 Å². The van der Waals surface area contributed by atoms with Gasteiger partial charge in [-0.25, -0.2) is 9.67 Å². The summed E-state index contributed by atoms with van der Waals surface area (Å²) >= 11 is 0. The van der Waals surface area contributed by atoms with Gasteiger partial charge in [-0.1, -0.05) is 17.3 Å². The number of likely N-dealkylation sites (N-methyl/N-ethyl adjacent to an activating group) is 1. The highest BCUT2D eigenvalue weighted by Gasteiger charge is 2.41. The molecule has 2 saturated heterocycles. The van der Waals surface area contributed by atoms with Gasteiger partial charge in [0.1, 0.15) is 11.6 Å². The number of halogens is 3. The molecule has 0 spiro atoms. The number of nitrogens with zero attached hydrogens (tertiary/aromatic N) is 7. The lowest BCUT2D eigenvalue weighted by molar-refractivity contribution is -0.138. The highest BCUT2D eigenvalue weighted by atomic mass is 19.4. The zero-order chi connectivity index (χ0) is 23.3. The first kappa shape index (κ1) is 21.8. The lowest BCUT2D eigenvalue weighted by Crippen LogP contribution is -2.44. The molecular formula is C23H24F3N7. The van der Waals surface area contributed by atoms with Crippen molar-refractivity contribution in [2.75, 3.05) is 26.7 Å². The van der Waals surface area contributed by atoms with E-state index in [1.54, 1.807) is 25.2 Å². The molecule has 0 aliphatic carbocycles. The minimum atomic E-state index is -4.48. The van der Waals surface area contributed by atoms with Gasteiger partial charge in [-0.05, 0) is 50.6 Å². The first-order valence-electron chi connectivity index (χ1n) is 11.0. The summed E-state index contributed by atoms with van der Waals surface area (Å²) in [5.74, 6) is 0. The third-order valence-electron chi connectivity index (χ3n) is 6.94. The fraction of sp³-hybridized carbons (Fsp3) is 0.478. The van der Waals surface area contributed by atoms with Gasteiger partial charge in [0, 0.05) is 37.8 Å². The summed E-state index contributed by atoms with van der Waals surface area (Å²) in [4.78, 5) is 9.02. The maximum atomic E-state index is 13.9. The van der Waals surface area contributed by atoms with Crippen LogP contribution in [0.4, 0.5) is 13.2 Å². The van der Waals surface area contributed by atoms with Crippen LogP contribution in [0.3, 0.4) is 0 Å². The molecule has 2 bridgehead atoms. The van der Waals surface area contributed by atoms with E-state index in [2.05, 4.69) is 32.1 Å². The first-order valence-corrected chi connectivity index (χ1v) is 11.0. The van der Waals surface area contributed by atoms with Crippen molar-refractivity contribution in [2.45, 2.75) is 37.5 Å². The molecule has 7 nitrogen and oxygen atoms in total. The highest BCUT2D eigenvalue weighted by Crippen LogP contribution is 2.36. The van der Waals surface area contributed by atoms with Crippen molar-refractivity contribution in [1.29, 1.82) is 5.26 Å². The average Bonchev–Trinajstić information content (AvgIpc) is 3.46. The maximum Gasteiger partial charge on any atom is 0.416 e. The van der Waals surface area contributed by atoms with Crippen LogP contribution < -0.4 is 0 Å². The molecule has 0 saturated carbocycles. The molecule has 172 valence electrons. The molecule has 5 rings (SSSR count). The summed E-state index contributed by atoms with van der Waals surface area (Å²) in [6, 6.07) is 9.02. The number of pyridine rings is 1. The van der Waals surface area contributed by atoms with Crippen molar-refractivity contribution in [2.24, 2.45) is 7.05 Å². The number of piperazine rings is 1. The Hall–Kier alpha value is -3.03. The summed E-state index contributed by atoms with van der Waals surface area (Å²) in [5, 5.41) is 17.2. The Kier molecular flexibility index (Phi) is 5.34. The lowest BCUT2D eigenvalue weighted by Gasteiger charge is -2.31. The summed E-state index contributed by atoms with van der Waals surface area (Å²) in [7, 11) is 3.80. The van der Waals surface area contributed by atoms with Gasteiger partial charge in [0.25, 0.3) is 0 Å². The molecule has 10 heteroatoms. The molecule has 2 aromatic heterocycles. The standard InChI is InChI=1S/C23H24F3N7/c1-31-12-17-9-16(31)13-33(17)7-3-4-14-5-6-15(8-18(14)23(24,25)26)19-10-21-22(20(11-27)28-19)29-30-32(21)2/h5-6,8,10,16-17H,3-4,7,9,12-13H2,1-2H3. The SMILES string of the molecule is CN1CC2CC1CN2CCCc1ccc(-c2cc3c(nnn3C)c(C#N)n2)cc1C(F)(F)F. The number of aromatic nitrogens is 4. The van der Waals surface area contributed by atoms with Crippen LogP contribution in [0.25, 0.3) is 22.3 Å². The van der Waals surface area contributed by atoms with E-state index in [1.165, 1.54) is 4.68 Å². The van der Waals surface area contributed by atoms with E-state index in [-0.39, 0.29) is 11.3 Å². The zero-order valence-corrected chi connectivity index (χ0v) is 18.5. The fourth-order valence-corrected chi connectivity index (χ4v) is 5.17. The van der Waals surface area contributed by atoms with Gasteiger partial charge in [0.05, 0.1) is 16.8 Å². The van der Waals surface area contributed by atoms with E-state index in [0.717, 1.165) is 32.1 Å². The largest absolute Gasteiger partial charge is 0.416 e. The van der Waals surface area contributed by atoms with Crippen LogP contribution in [-0.4, -0.2) is 68.5 Å². The molecule has 2 fully saturated rings. The van der Waals surface area contributed by atoms with Gasteiger partial charge in [0.2, 0.25) is 0 Å². The summed E-state index contributed by atoms with van der Waals surface area (Å²) < 4.78 is 43.3. The Morgan fingerprint density at radius 2 is 1.97 bits per heavy atom. The van der Waals surface area contributed by atoms with Gasteiger partial charge >= 0.3 is 6.18 Å². The minimum Gasteiger partial charge on any atom is -0.301 e. The Bertz CT molecular complexity index is 1240. The van der Waals surface area contributed by atoms with Crippen molar-refractivity contribution in [1.82, 2.24) is 29.8 Å². The molecule has 33 heavy (non-hydrogen) atoms. The maximum absolute atomic E-state index is 13.9. The number of likely N-dealkylation sites (tertiary alicyclic amines) is 2. The third kappa shape index (κ3) is 3.96. The van der Waals surface area contributed by atoms with Crippen LogP contribution in [-0.2, 0) is 19.6 Å². The quantitative estimate of drug-likeness (QED) is 0.588. The summed E-state index contributed by atoms with van der Waals surface area (Å²) in [6.07, 6.45) is -2.27. The Morgan fingerprint density at radius 1 is 1.15 bits per heavy atom. The molecule has 4 heterocycles. The van der Waals surface area contributed by atoms with E-state index in [4.69, 9.17) is 0 Å². The number of aryl methyl sites for hydroxylation is 2. The van der Waals surface area contributed by atoms with Crippen LogP contribution in [0.1, 0.15) is 29.7 Å². The molecule has 0 N–H and O–H groups in total. The molecule has 1 aromatic carbocycles. The van der Waals surface area contributed by atoms with E-state index < -0.39 is 11.7 Å². The average molecular weight is 455 g/mol. The van der Waals surface area contributed by atoms with Crippen molar-refractivity contribution in [3.8, 4) is 17.3 Å². The molecule has 2 aliphatic heterocycles. The van der Waals surface area contributed by atoms with E-state index >= 15 is 0 Å². The molecule has 2 aliphatic rings. The summed E-state index contributed by atoms with van der Waals surface area (Å²) in [6.45, 7) is 2.86. The van der Waals surface area contributed by atoms with Gasteiger partial charge in [0.15, 0.2) is 5.69 Å². The Balaban J connectivity index is 1.39. The number of fused-ring (bicyclic) bond motifs is 3. The van der Waals surface area contributed by atoms with E-state index in [0.29, 0.717) is 47.2 Å². The van der Waals surface area contributed by atoms with Crippen molar-refractivity contribution >= 4 is 11.0 Å². The minimum absolute atomic E-state index is 0.0405. The van der Waals surface area contributed by atoms with Crippen LogP contribution in [0.5, 0.6) is 0 Å². The number of alkyl halides is 3. The second-order valence-electron chi connectivity index (χ2n) is 9.00. The highest BCUT2D eigenvalue weighted by molar-refractivity contribution is 5.83. The van der Waals surface area contributed by atoms with Gasteiger partial charge in [-0.15, -0.1) is 5.10 Å². The summed E-state index contributed by atoms with van der Waals surface area (Å²) in [5.41, 5.74) is 1.16. The number of nitriles is 1. The smallest absolute Gasteiger partial charge is 0.301 e. The topological polar surface area (TPSA) is 73.9 Å². The van der Waals surface area contributed by atoms with Crippen molar-refractivity contribution < 1.29 is 13.2 Å². The van der Waals surface area contributed by atoms with Crippen LogP contribution in [0.15, 0.2) is 24.3 Å². The monoisotopic (exact) mass is 455 g/mol. The van der Waals surface area contributed by atoms with E-state index in [1.807, 2.05) is 6.07 Å². The van der Waals surface area contributed by atoms with Crippen molar-refractivity contribution in [3.63, 3.8) is 0 Å². The fourth-order valence-electron chi connectivity index (χ4n) is 5.17. The molecule has 3 aromatic rings. The van der Waals surface area contributed by atoms with Gasteiger partial charge in [-0.2, -0.15) is 18.4 Å². The molecular weight excluding hydrogens is 431 g/mol. The van der Waals surface area contributed by atoms with E-state index in [9.17, 15) is 18.4 Å². The Labute approximate surface area is 189 Å². The molecule has 2 atom stereocenters. The molecule has 2 unspecified atom stereocenters. The van der Waals surface area contributed by atoms with Crippen LogP contribution in [0.2, 0.25) is 0 Å². The zero-order valence-electron chi connectivity index (χ0n) is 18.5. The second kappa shape index (κ2) is 8.08. The van der Waals surface area contributed by atoms with Crippen molar-refractivity contribution in [3.05, 3.63) is 41.1 Å². The molecule has 0 amide bonds. The second-order valence-corrected chi connectivity index (χ2v) is 9.00. The molecule has 0 radical (unpaired) electrons. The van der Waals surface area contributed by atoms with Crippen LogP contribution in [0, 0.1) is 11.3 Å². The lowest BCUT2D eigenvalue weighted by atomic mass is 9.97. The first-order chi connectivity index (χ1) is 15.7. The Morgan fingerprint density at radius 3 is 2.64 bits per heavy atom. The third-order valence-corrected chi connectivity index (χ3v) is 6.94. The predicted molar refractivity (Wildman–Crippen MR) is 116 cm³/mol. The predicted octanol–water partition coefficient (Wildman–Crippen LogP) is 3.24.